The first-order valence-electron chi connectivity index (χ1n) is 8.95. The molecule has 1 aromatic heterocycles. The maximum Gasteiger partial charge on any atom is 0.289 e. The number of amides is 1. The van der Waals surface area contributed by atoms with Crippen molar-refractivity contribution in [2.24, 2.45) is 11.8 Å². The molecule has 0 spiro atoms. The molecular weight excluding hydrogens is 314 g/mol. The molecule has 2 atom stereocenters. The molecule has 1 saturated heterocycles. The Labute approximate surface area is 149 Å². The molecule has 0 unspecified atom stereocenters. The van der Waals surface area contributed by atoms with E-state index in [0.29, 0.717) is 29.2 Å². The number of likely N-dealkylation sites (tertiary alicyclic amines) is 1. The Hall–Kier alpha value is -2.14. The zero-order valence-corrected chi connectivity index (χ0v) is 15.5. The van der Waals surface area contributed by atoms with E-state index in [2.05, 4.69) is 53.3 Å². The van der Waals surface area contributed by atoms with Crippen LogP contribution in [0.4, 0.5) is 0 Å². The summed E-state index contributed by atoms with van der Waals surface area (Å²) in [7, 11) is 0. The molecule has 1 aliphatic rings. The number of hydrogen-bond acceptors (Lipinski definition) is 4. The second-order valence-corrected chi connectivity index (χ2v) is 7.28. The van der Waals surface area contributed by atoms with Gasteiger partial charge in [0.1, 0.15) is 0 Å². The minimum absolute atomic E-state index is 0.143. The lowest BCUT2D eigenvalue weighted by Gasteiger charge is -2.41. The molecule has 0 aliphatic carbocycles. The standard InChI is InChI=1S/C20H27N3O2/c1-13-10-23(12-17-8-6-5-7-9-17)11-14(2)18(13)22-20(24)19-15(3)21-16(4)25-19/h5-9,13-14,18H,10-12H2,1-4H3,(H,22,24)/t13-,14-/m0/s1. The smallest absolute Gasteiger partial charge is 0.289 e. The Morgan fingerprint density at radius 1 is 1.20 bits per heavy atom. The molecule has 0 saturated carbocycles. The van der Waals surface area contributed by atoms with Gasteiger partial charge >= 0.3 is 0 Å². The number of hydrogen-bond donors (Lipinski definition) is 1. The predicted molar refractivity (Wildman–Crippen MR) is 97.3 cm³/mol. The molecule has 1 fully saturated rings. The monoisotopic (exact) mass is 341 g/mol. The fraction of sp³-hybridized carbons (Fsp3) is 0.500. The lowest BCUT2D eigenvalue weighted by molar-refractivity contribution is 0.0711. The largest absolute Gasteiger partial charge is 0.436 e. The summed E-state index contributed by atoms with van der Waals surface area (Å²) in [4.78, 5) is 19.2. The van der Waals surface area contributed by atoms with E-state index in [0.717, 1.165) is 19.6 Å². The lowest BCUT2D eigenvalue weighted by atomic mass is 9.85. The van der Waals surface area contributed by atoms with Gasteiger partial charge in [-0.3, -0.25) is 9.69 Å². The van der Waals surface area contributed by atoms with Crippen LogP contribution in [0.15, 0.2) is 34.7 Å². The van der Waals surface area contributed by atoms with E-state index in [1.54, 1.807) is 13.8 Å². The van der Waals surface area contributed by atoms with Crippen LogP contribution < -0.4 is 5.32 Å². The van der Waals surface area contributed by atoms with Crippen LogP contribution in [0.5, 0.6) is 0 Å². The second kappa shape index (κ2) is 7.40. The quantitative estimate of drug-likeness (QED) is 0.928. The Morgan fingerprint density at radius 2 is 1.84 bits per heavy atom. The Balaban J connectivity index is 1.62. The topological polar surface area (TPSA) is 58.4 Å². The third-order valence-electron chi connectivity index (χ3n) is 4.97. The number of carbonyl (C=O) groups is 1. The minimum atomic E-state index is -0.154. The van der Waals surface area contributed by atoms with Gasteiger partial charge < -0.3 is 9.73 Å². The first-order valence-corrected chi connectivity index (χ1v) is 8.95. The summed E-state index contributed by atoms with van der Waals surface area (Å²) in [6, 6.07) is 10.7. The van der Waals surface area contributed by atoms with Crippen LogP contribution in [0.3, 0.4) is 0 Å². The number of nitrogens with zero attached hydrogens (tertiary/aromatic N) is 2. The van der Waals surface area contributed by atoms with Crippen LogP contribution in [0, 0.1) is 25.7 Å². The Morgan fingerprint density at radius 3 is 2.40 bits per heavy atom. The van der Waals surface area contributed by atoms with E-state index in [-0.39, 0.29) is 11.9 Å². The first kappa shape index (κ1) is 17.7. The summed E-state index contributed by atoms with van der Waals surface area (Å²) >= 11 is 0. The molecule has 25 heavy (non-hydrogen) atoms. The summed E-state index contributed by atoms with van der Waals surface area (Å²) in [6.07, 6.45) is 0. The van der Waals surface area contributed by atoms with Crippen LogP contribution in [-0.4, -0.2) is 34.9 Å². The number of benzene rings is 1. The van der Waals surface area contributed by atoms with Gasteiger partial charge in [-0.25, -0.2) is 4.98 Å². The zero-order chi connectivity index (χ0) is 18.0. The van der Waals surface area contributed by atoms with Gasteiger partial charge in [0, 0.05) is 32.6 Å². The van der Waals surface area contributed by atoms with Crippen molar-refractivity contribution in [2.75, 3.05) is 13.1 Å². The molecule has 1 N–H and O–H groups in total. The van der Waals surface area contributed by atoms with Crippen molar-refractivity contribution in [3.05, 3.63) is 53.2 Å². The highest BCUT2D eigenvalue weighted by Gasteiger charge is 2.34. The summed E-state index contributed by atoms with van der Waals surface area (Å²) < 4.78 is 5.45. The van der Waals surface area contributed by atoms with E-state index in [1.807, 2.05) is 6.07 Å². The summed E-state index contributed by atoms with van der Waals surface area (Å²) in [5.41, 5.74) is 1.98. The van der Waals surface area contributed by atoms with E-state index in [1.165, 1.54) is 5.56 Å². The number of piperidine rings is 1. The molecule has 1 aliphatic heterocycles. The molecule has 3 rings (SSSR count). The number of aromatic nitrogens is 1. The fourth-order valence-electron chi connectivity index (χ4n) is 3.89. The third-order valence-corrected chi connectivity index (χ3v) is 4.97. The van der Waals surface area contributed by atoms with Crippen LogP contribution >= 0.6 is 0 Å². The molecule has 1 amide bonds. The van der Waals surface area contributed by atoms with Gasteiger partial charge in [0.15, 0.2) is 5.89 Å². The fourth-order valence-corrected chi connectivity index (χ4v) is 3.89. The van der Waals surface area contributed by atoms with E-state index >= 15 is 0 Å². The van der Waals surface area contributed by atoms with Crippen LogP contribution in [0.25, 0.3) is 0 Å². The predicted octanol–water partition coefficient (Wildman–Crippen LogP) is 3.18. The molecule has 5 nitrogen and oxygen atoms in total. The molecule has 0 radical (unpaired) electrons. The van der Waals surface area contributed by atoms with Gasteiger partial charge in [-0.1, -0.05) is 44.2 Å². The third kappa shape index (κ3) is 4.10. The number of aryl methyl sites for hydroxylation is 2. The van der Waals surface area contributed by atoms with Crippen molar-refractivity contribution in [1.29, 1.82) is 0 Å². The summed E-state index contributed by atoms with van der Waals surface area (Å²) in [6.45, 7) is 10.9. The maximum absolute atomic E-state index is 12.6. The highest BCUT2D eigenvalue weighted by Crippen LogP contribution is 2.24. The van der Waals surface area contributed by atoms with Crippen molar-refractivity contribution in [1.82, 2.24) is 15.2 Å². The Kier molecular flexibility index (Phi) is 5.23. The first-order chi connectivity index (χ1) is 11.9. The lowest BCUT2D eigenvalue weighted by Crippen LogP contribution is -2.54. The summed E-state index contributed by atoms with van der Waals surface area (Å²) in [5, 5.41) is 3.17. The molecule has 2 aromatic rings. The van der Waals surface area contributed by atoms with Crippen molar-refractivity contribution in [2.45, 2.75) is 40.3 Å². The summed E-state index contributed by atoms with van der Waals surface area (Å²) in [5.74, 6) is 1.46. The molecule has 1 aromatic carbocycles. The molecule has 5 heteroatoms. The average Bonchev–Trinajstić information content (AvgIpc) is 2.90. The van der Waals surface area contributed by atoms with Gasteiger partial charge in [-0.05, 0) is 24.3 Å². The Bertz CT molecular complexity index is 714. The van der Waals surface area contributed by atoms with Gasteiger partial charge in [0.05, 0.1) is 5.69 Å². The number of oxazole rings is 1. The van der Waals surface area contributed by atoms with Gasteiger partial charge in [0.25, 0.3) is 5.91 Å². The average molecular weight is 341 g/mol. The highest BCUT2D eigenvalue weighted by molar-refractivity contribution is 5.92. The molecular formula is C20H27N3O2. The van der Waals surface area contributed by atoms with Gasteiger partial charge in [0.2, 0.25) is 5.76 Å². The second-order valence-electron chi connectivity index (χ2n) is 7.28. The van der Waals surface area contributed by atoms with Crippen molar-refractivity contribution in [3.8, 4) is 0 Å². The van der Waals surface area contributed by atoms with Crippen LogP contribution in [0.2, 0.25) is 0 Å². The number of rotatable bonds is 4. The highest BCUT2D eigenvalue weighted by atomic mass is 16.4. The van der Waals surface area contributed by atoms with Crippen molar-refractivity contribution >= 4 is 5.91 Å². The van der Waals surface area contributed by atoms with Crippen molar-refractivity contribution in [3.63, 3.8) is 0 Å². The van der Waals surface area contributed by atoms with Gasteiger partial charge in [-0.15, -0.1) is 0 Å². The van der Waals surface area contributed by atoms with Crippen LogP contribution in [0.1, 0.15) is 41.6 Å². The molecule has 2 heterocycles. The maximum atomic E-state index is 12.6. The molecule has 0 bridgehead atoms. The molecule has 134 valence electrons. The van der Waals surface area contributed by atoms with Crippen molar-refractivity contribution < 1.29 is 9.21 Å². The van der Waals surface area contributed by atoms with Crippen LogP contribution in [-0.2, 0) is 6.54 Å². The van der Waals surface area contributed by atoms with Gasteiger partial charge in [-0.2, -0.15) is 0 Å². The van der Waals surface area contributed by atoms with E-state index in [4.69, 9.17) is 4.42 Å². The number of nitrogens with one attached hydrogen (secondary N) is 1. The minimum Gasteiger partial charge on any atom is -0.436 e. The zero-order valence-electron chi connectivity index (χ0n) is 15.5. The SMILES string of the molecule is Cc1nc(C)c(C(=O)NC2[C@@H](C)CN(Cc3ccccc3)C[C@@H]2C)o1. The number of carbonyl (C=O) groups excluding carboxylic acids is 1. The normalized spacial score (nSPS) is 22.1. The van der Waals surface area contributed by atoms with E-state index < -0.39 is 0 Å². The van der Waals surface area contributed by atoms with E-state index in [9.17, 15) is 4.79 Å².